The molecule has 0 aromatic carbocycles. The zero-order valence-electron chi connectivity index (χ0n) is 6.86. The molecule has 0 amide bonds. The van der Waals surface area contributed by atoms with E-state index in [4.69, 9.17) is 9.56 Å². The summed E-state index contributed by atoms with van der Waals surface area (Å²) < 4.78 is 26.2. The second kappa shape index (κ2) is 2.87. The molecule has 12 heavy (non-hydrogen) atoms. The highest BCUT2D eigenvalue weighted by Gasteiger charge is 2.11. The van der Waals surface area contributed by atoms with Crippen LogP contribution in [0.4, 0.5) is 0 Å². The van der Waals surface area contributed by atoms with Gasteiger partial charge >= 0.3 is 0 Å². The summed E-state index contributed by atoms with van der Waals surface area (Å²) in [6, 6.07) is 0. The number of hydrogen-bond acceptors (Lipinski definition) is 4. The SMILES string of the molecule is Cc1nc(CS(N)(=O)=O)oc1C. The number of aryl methyl sites for hydroxylation is 2. The van der Waals surface area contributed by atoms with Crippen molar-refractivity contribution >= 4 is 10.0 Å². The van der Waals surface area contributed by atoms with Crippen molar-refractivity contribution in [1.82, 2.24) is 4.98 Å². The topological polar surface area (TPSA) is 86.2 Å². The Morgan fingerprint density at radius 2 is 2.08 bits per heavy atom. The zero-order valence-corrected chi connectivity index (χ0v) is 7.68. The molecular weight excluding hydrogens is 180 g/mol. The highest BCUT2D eigenvalue weighted by atomic mass is 32.2. The van der Waals surface area contributed by atoms with Gasteiger partial charge in [0.1, 0.15) is 11.5 Å². The summed E-state index contributed by atoms with van der Waals surface area (Å²) >= 11 is 0. The highest BCUT2D eigenvalue weighted by molar-refractivity contribution is 7.88. The van der Waals surface area contributed by atoms with E-state index in [-0.39, 0.29) is 11.6 Å². The molecule has 1 heterocycles. The van der Waals surface area contributed by atoms with Crippen LogP contribution < -0.4 is 5.14 Å². The minimum Gasteiger partial charge on any atom is -0.445 e. The van der Waals surface area contributed by atoms with Crippen LogP contribution in [0.25, 0.3) is 0 Å². The van der Waals surface area contributed by atoms with Gasteiger partial charge in [0.2, 0.25) is 15.9 Å². The number of nitrogens with zero attached hydrogens (tertiary/aromatic N) is 1. The van der Waals surface area contributed by atoms with Crippen LogP contribution in [0.3, 0.4) is 0 Å². The van der Waals surface area contributed by atoms with E-state index in [1.807, 2.05) is 0 Å². The van der Waals surface area contributed by atoms with Crippen molar-refractivity contribution in [2.24, 2.45) is 5.14 Å². The van der Waals surface area contributed by atoms with E-state index in [1.54, 1.807) is 13.8 Å². The Balaban J connectivity index is 2.92. The van der Waals surface area contributed by atoms with E-state index in [0.717, 1.165) is 0 Å². The Hall–Kier alpha value is -0.880. The molecule has 0 atom stereocenters. The second-order valence-corrected chi connectivity index (χ2v) is 4.17. The van der Waals surface area contributed by atoms with Crippen molar-refractivity contribution in [3.8, 4) is 0 Å². The van der Waals surface area contributed by atoms with E-state index >= 15 is 0 Å². The Bertz CT molecular complexity index is 360. The molecule has 0 aliphatic rings. The van der Waals surface area contributed by atoms with Gasteiger partial charge in [0.25, 0.3) is 0 Å². The third kappa shape index (κ3) is 2.31. The molecule has 0 bridgehead atoms. The first-order chi connectivity index (χ1) is 5.38. The molecule has 0 aliphatic heterocycles. The first kappa shape index (κ1) is 9.21. The Morgan fingerprint density at radius 3 is 2.42 bits per heavy atom. The van der Waals surface area contributed by atoms with Crippen LogP contribution in [-0.4, -0.2) is 13.4 Å². The first-order valence-electron chi connectivity index (χ1n) is 3.32. The van der Waals surface area contributed by atoms with Crippen LogP contribution in [0, 0.1) is 13.8 Å². The van der Waals surface area contributed by atoms with Gasteiger partial charge in [-0.25, -0.2) is 18.5 Å². The number of primary sulfonamides is 1. The number of nitrogens with two attached hydrogens (primary N) is 1. The number of hydrogen-bond donors (Lipinski definition) is 1. The molecule has 5 nitrogen and oxygen atoms in total. The second-order valence-electron chi connectivity index (χ2n) is 2.56. The molecule has 68 valence electrons. The van der Waals surface area contributed by atoms with Crippen molar-refractivity contribution in [2.45, 2.75) is 19.6 Å². The molecule has 1 rings (SSSR count). The molecule has 0 fully saturated rings. The maximum atomic E-state index is 10.6. The normalized spacial score (nSPS) is 11.9. The lowest BCUT2D eigenvalue weighted by atomic mass is 10.4. The van der Waals surface area contributed by atoms with Crippen molar-refractivity contribution in [2.75, 3.05) is 0 Å². The maximum Gasteiger partial charge on any atom is 0.218 e. The Labute approximate surface area is 70.6 Å². The van der Waals surface area contributed by atoms with E-state index < -0.39 is 10.0 Å². The highest BCUT2D eigenvalue weighted by Crippen LogP contribution is 2.09. The molecule has 2 N–H and O–H groups in total. The fourth-order valence-electron chi connectivity index (χ4n) is 0.773. The summed E-state index contributed by atoms with van der Waals surface area (Å²) in [5.41, 5.74) is 0.689. The van der Waals surface area contributed by atoms with Gasteiger partial charge in [-0.1, -0.05) is 0 Å². The standard InChI is InChI=1S/C6H10N2O3S/c1-4-5(2)11-6(8-4)3-12(7,9)10/h3H2,1-2H3,(H2,7,9,10). The van der Waals surface area contributed by atoms with Gasteiger partial charge in [-0.3, -0.25) is 0 Å². The third-order valence-corrected chi connectivity index (χ3v) is 2.05. The van der Waals surface area contributed by atoms with Gasteiger partial charge in [-0.2, -0.15) is 0 Å². The lowest BCUT2D eigenvalue weighted by molar-refractivity contribution is 0.483. The van der Waals surface area contributed by atoms with Gasteiger partial charge in [0.15, 0.2) is 0 Å². The average Bonchev–Trinajstić information content (AvgIpc) is 2.07. The molecule has 0 radical (unpaired) electrons. The molecule has 1 aromatic heterocycles. The van der Waals surface area contributed by atoms with Crippen LogP contribution in [0.1, 0.15) is 17.3 Å². The maximum absolute atomic E-state index is 10.6. The lowest BCUT2D eigenvalue weighted by Gasteiger charge is -1.90. The molecule has 0 unspecified atom stereocenters. The van der Waals surface area contributed by atoms with E-state index in [0.29, 0.717) is 11.5 Å². The van der Waals surface area contributed by atoms with Crippen molar-refractivity contribution in [1.29, 1.82) is 0 Å². The number of sulfonamides is 1. The molecule has 6 heteroatoms. The minimum absolute atomic E-state index is 0.146. The van der Waals surface area contributed by atoms with Crippen LogP contribution in [0.2, 0.25) is 0 Å². The van der Waals surface area contributed by atoms with Gasteiger partial charge in [-0.15, -0.1) is 0 Å². The van der Waals surface area contributed by atoms with Crippen LogP contribution >= 0.6 is 0 Å². The Morgan fingerprint density at radius 1 is 1.50 bits per heavy atom. The number of aromatic nitrogens is 1. The van der Waals surface area contributed by atoms with E-state index in [1.165, 1.54) is 0 Å². The molecule has 1 aromatic rings. The summed E-state index contributed by atoms with van der Waals surface area (Å²) in [5, 5.41) is 4.80. The molecule has 0 spiro atoms. The molecule has 0 saturated heterocycles. The largest absolute Gasteiger partial charge is 0.445 e. The number of rotatable bonds is 2. The van der Waals surface area contributed by atoms with Gasteiger partial charge in [0, 0.05) is 0 Å². The third-order valence-electron chi connectivity index (χ3n) is 1.40. The van der Waals surface area contributed by atoms with E-state index in [2.05, 4.69) is 4.98 Å². The smallest absolute Gasteiger partial charge is 0.218 e. The van der Waals surface area contributed by atoms with Crippen LogP contribution in [0.5, 0.6) is 0 Å². The average molecular weight is 190 g/mol. The van der Waals surface area contributed by atoms with Crippen LogP contribution in [-0.2, 0) is 15.8 Å². The van der Waals surface area contributed by atoms with Gasteiger partial charge in [-0.05, 0) is 13.8 Å². The summed E-state index contributed by atoms with van der Waals surface area (Å²) in [7, 11) is -3.54. The predicted octanol–water partition coefficient (Wildman–Crippen LogP) is 0.0799. The molecule has 0 aliphatic carbocycles. The van der Waals surface area contributed by atoms with E-state index in [9.17, 15) is 8.42 Å². The summed E-state index contributed by atoms with van der Waals surface area (Å²) in [6.45, 7) is 3.46. The fraction of sp³-hybridized carbons (Fsp3) is 0.500. The summed E-state index contributed by atoms with van der Waals surface area (Å²) in [4.78, 5) is 3.87. The van der Waals surface area contributed by atoms with Crippen molar-refractivity contribution < 1.29 is 12.8 Å². The van der Waals surface area contributed by atoms with Crippen molar-refractivity contribution in [3.63, 3.8) is 0 Å². The Kier molecular flexibility index (Phi) is 2.20. The zero-order chi connectivity index (χ0) is 9.35. The summed E-state index contributed by atoms with van der Waals surface area (Å²) in [6.07, 6.45) is 0. The minimum atomic E-state index is -3.54. The summed E-state index contributed by atoms with van der Waals surface area (Å²) in [5.74, 6) is 0.419. The van der Waals surface area contributed by atoms with Gasteiger partial charge < -0.3 is 4.42 Å². The van der Waals surface area contributed by atoms with Crippen molar-refractivity contribution in [3.05, 3.63) is 17.3 Å². The molecular formula is C6H10N2O3S. The lowest BCUT2D eigenvalue weighted by Crippen LogP contribution is -2.14. The number of oxazole rings is 1. The fourth-order valence-corrected chi connectivity index (χ4v) is 1.24. The predicted molar refractivity (Wildman–Crippen MR) is 42.8 cm³/mol. The quantitative estimate of drug-likeness (QED) is 0.715. The molecule has 0 saturated carbocycles. The van der Waals surface area contributed by atoms with Crippen LogP contribution in [0.15, 0.2) is 4.42 Å². The monoisotopic (exact) mass is 190 g/mol. The van der Waals surface area contributed by atoms with Gasteiger partial charge in [0.05, 0.1) is 5.69 Å². The first-order valence-corrected chi connectivity index (χ1v) is 5.03.